The van der Waals surface area contributed by atoms with E-state index in [1.54, 1.807) is 0 Å². The summed E-state index contributed by atoms with van der Waals surface area (Å²) in [5, 5.41) is 7.24. The molecule has 4 rings (SSSR count). The highest BCUT2D eigenvalue weighted by Crippen LogP contribution is 2.28. The zero-order chi connectivity index (χ0) is 20.5. The van der Waals surface area contributed by atoms with Crippen molar-refractivity contribution in [3.05, 3.63) is 47.4 Å². The van der Waals surface area contributed by atoms with Crippen LogP contribution in [-0.4, -0.2) is 28.0 Å². The number of primary amides is 1. The van der Waals surface area contributed by atoms with Crippen LogP contribution in [0.25, 0.3) is 10.9 Å². The smallest absolute Gasteiger partial charge is 0.252 e. The van der Waals surface area contributed by atoms with Crippen molar-refractivity contribution in [2.45, 2.75) is 44.7 Å². The Morgan fingerprint density at radius 2 is 2.00 bits per heavy atom. The third kappa shape index (κ3) is 4.02. The van der Waals surface area contributed by atoms with E-state index in [1.807, 2.05) is 31.2 Å². The first-order chi connectivity index (χ1) is 13.9. The number of hydrogen-bond acceptors (Lipinski definition) is 5. The second-order valence-electron chi connectivity index (χ2n) is 7.66. The predicted octanol–water partition coefficient (Wildman–Crippen LogP) is 3.53. The number of halogens is 1. The highest BCUT2D eigenvalue weighted by Gasteiger charge is 2.24. The Morgan fingerprint density at radius 3 is 2.76 bits per heavy atom. The molecule has 2 unspecified atom stereocenters. The van der Waals surface area contributed by atoms with Gasteiger partial charge in [0.1, 0.15) is 5.82 Å². The van der Waals surface area contributed by atoms with Crippen LogP contribution >= 0.6 is 0 Å². The van der Waals surface area contributed by atoms with E-state index in [9.17, 15) is 9.18 Å². The molecule has 0 bridgehead atoms. The van der Waals surface area contributed by atoms with Gasteiger partial charge in [0.15, 0.2) is 11.6 Å². The van der Waals surface area contributed by atoms with Crippen molar-refractivity contribution in [2.75, 3.05) is 10.6 Å². The van der Waals surface area contributed by atoms with Crippen LogP contribution in [-0.2, 0) is 0 Å². The summed E-state index contributed by atoms with van der Waals surface area (Å²) in [6, 6.07) is 8.74. The summed E-state index contributed by atoms with van der Waals surface area (Å²) >= 11 is 0. The van der Waals surface area contributed by atoms with E-state index in [4.69, 9.17) is 11.5 Å². The summed E-state index contributed by atoms with van der Waals surface area (Å²) < 4.78 is 14.6. The van der Waals surface area contributed by atoms with Gasteiger partial charge in [-0.15, -0.1) is 0 Å². The maximum absolute atomic E-state index is 14.6. The second kappa shape index (κ2) is 7.71. The monoisotopic (exact) mass is 396 g/mol. The molecular weight excluding hydrogens is 371 g/mol. The number of benzene rings is 1. The molecule has 0 spiro atoms. The van der Waals surface area contributed by atoms with E-state index in [-0.39, 0.29) is 29.3 Å². The SMILES string of the molecule is Cc1cc2cc(Nc3nc(NC4CCCCC4N)c(F)cc3C(N)=O)ccc2[nH]1. The zero-order valence-corrected chi connectivity index (χ0v) is 16.3. The van der Waals surface area contributed by atoms with Crippen molar-refractivity contribution in [3.8, 4) is 0 Å². The van der Waals surface area contributed by atoms with Gasteiger partial charge in [-0.05, 0) is 50.1 Å². The predicted molar refractivity (Wildman–Crippen MR) is 113 cm³/mol. The van der Waals surface area contributed by atoms with E-state index in [0.717, 1.165) is 54.0 Å². The van der Waals surface area contributed by atoms with Gasteiger partial charge in [0.05, 0.1) is 5.56 Å². The van der Waals surface area contributed by atoms with Crippen LogP contribution in [0.3, 0.4) is 0 Å². The van der Waals surface area contributed by atoms with Crippen LogP contribution in [0.2, 0.25) is 0 Å². The molecule has 7 N–H and O–H groups in total. The average Bonchev–Trinajstić information content (AvgIpc) is 3.05. The maximum atomic E-state index is 14.6. The highest BCUT2D eigenvalue weighted by atomic mass is 19.1. The van der Waals surface area contributed by atoms with Gasteiger partial charge in [-0.2, -0.15) is 0 Å². The molecule has 152 valence electrons. The normalized spacial score (nSPS) is 19.3. The zero-order valence-electron chi connectivity index (χ0n) is 16.3. The topological polar surface area (TPSA) is 122 Å². The maximum Gasteiger partial charge on any atom is 0.252 e. The minimum Gasteiger partial charge on any atom is -0.365 e. The number of nitrogens with zero attached hydrogens (tertiary/aromatic N) is 1. The van der Waals surface area contributed by atoms with Gasteiger partial charge in [0, 0.05) is 34.4 Å². The fourth-order valence-corrected chi connectivity index (χ4v) is 3.88. The van der Waals surface area contributed by atoms with E-state index >= 15 is 0 Å². The third-order valence-electron chi connectivity index (χ3n) is 5.40. The Bertz CT molecular complexity index is 1060. The Hall–Kier alpha value is -3.13. The molecule has 8 heteroatoms. The molecule has 2 heterocycles. The van der Waals surface area contributed by atoms with Gasteiger partial charge in [-0.25, -0.2) is 9.37 Å². The Morgan fingerprint density at radius 1 is 1.21 bits per heavy atom. The van der Waals surface area contributed by atoms with Gasteiger partial charge in [0.2, 0.25) is 0 Å². The molecule has 2 aromatic heterocycles. The van der Waals surface area contributed by atoms with Crippen molar-refractivity contribution in [1.82, 2.24) is 9.97 Å². The van der Waals surface area contributed by atoms with Gasteiger partial charge in [-0.3, -0.25) is 4.79 Å². The van der Waals surface area contributed by atoms with E-state index in [1.165, 1.54) is 0 Å². The lowest BCUT2D eigenvalue weighted by molar-refractivity contribution is 0.100. The lowest BCUT2D eigenvalue weighted by Crippen LogP contribution is -2.43. The van der Waals surface area contributed by atoms with Crippen molar-refractivity contribution in [1.29, 1.82) is 0 Å². The quantitative estimate of drug-likeness (QED) is 0.452. The molecule has 0 saturated heterocycles. The van der Waals surface area contributed by atoms with Crippen molar-refractivity contribution >= 4 is 34.1 Å². The van der Waals surface area contributed by atoms with Gasteiger partial charge < -0.3 is 27.1 Å². The molecule has 1 aliphatic carbocycles. The molecule has 1 aliphatic rings. The number of anilines is 3. The van der Waals surface area contributed by atoms with Crippen LogP contribution in [0.1, 0.15) is 41.7 Å². The van der Waals surface area contributed by atoms with Gasteiger partial charge in [0.25, 0.3) is 5.91 Å². The summed E-state index contributed by atoms with van der Waals surface area (Å²) in [6.45, 7) is 1.98. The van der Waals surface area contributed by atoms with Gasteiger partial charge >= 0.3 is 0 Å². The highest BCUT2D eigenvalue weighted by molar-refractivity contribution is 5.99. The first kappa shape index (κ1) is 19.2. The lowest BCUT2D eigenvalue weighted by atomic mass is 9.91. The van der Waals surface area contributed by atoms with Crippen LogP contribution in [0.5, 0.6) is 0 Å². The number of rotatable bonds is 5. The number of aryl methyl sites for hydroxylation is 1. The van der Waals surface area contributed by atoms with Crippen LogP contribution < -0.4 is 22.1 Å². The minimum absolute atomic E-state index is 0.00802. The minimum atomic E-state index is -0.751. The first-order valence-corrected chi connectivity index (χ1v) is 9.79. The third-order valence-corrected chi connectivity index (χ3v) is 5.40. The van der Waals surface area contributed by atoms with E-state index in [2.05, 4.69) is 20.6 Å². The first-order valence-electron chi connectivity index (χ1n) is 9.79. The standard InChI is InChI=1S/C21H25FN6O/c1-11-8-12-9-13(6-7-17(12)25-11)26-20-14(19(24)29)10-15(22)21(28-20)27-18-5-3-2-4-16(18)23/h6-10,16,18,25H,2-5,23H2,1H3,(H2,24,29)(H2,26,27,28). The molecule has 0 radical (unpaired) electrons. The van der Waals surface area contributed by atoms with Crippen molar-refractivity contribution < 1.29 is 9.18 Å². The number of pyridine rings is 1. The fraction of sp³-hybridized carbons (Fsp3) is 0.333. The number of fused-ring (bicyclic) bond motifs is 1. The fourth-order valence-electron chi connectivity index (χ4n) is 3.88. The van der Waals surface area contributed by atoms with E-state index < -0.39 is 11.7 Å². The Labute approximate surface area is 168 Å². The molecular formula is C21H25FN6O. The largest absolute Gasteiger partial charge is 0.365 e. The lowest BCUT2D eigenvalue weighted by Gasteiger charge is -2.30. The summed E-state index contributed by atoms with van der Waals surface area (Å²) in [7, 11) is 0. The Balaban J connectivity index is 1.66. The summed E-state index contributed by atoms with van der Waals surface area (Å²) in [5.74, 6) is -1.10. The average molecular weight is 396 g/mol. The molecule has 1 fully saturated rings. The number of nitrogens with two attached hydrogens (primary N) is 2. The number of carbonyl (C=O) groups is 1. The number of carbonyl (C=O) groups excluding carboxylic acids is 1. The van der Waals surface area contributed by atoms with E-state index in [0.29, 0.717) is 0 Å². The molecule has 3 aromatic rings. The molecule has 1 amide bonds. The number of H-pyrrole nitrogens is 1. The summed E-state index contributed by atoms with van der Waals surface area (Å²) in [5.41, 5.74) is 14.4. The molecule has 2 atom stereocenters. The van der Waals surface area contributed by atoms with Crippen LogP contribution in [0.15, 0.2) is 30.3 Å². The van der Waals surface area contributed by atoms with Crippen LogP contribution in [0.4, 0.5) is 21.7 Å². The molecule has 7 nitrogen and oxygen atoms in total. The van der Waals surface area contributed by atoms with Gasteiger partial charge in [-0.1, -0.05) is 12.8 Å². The number of aromatic nitrogens is 2. The number of aromatic amines is 1. The number of nitrogens with one attached hydrogen (secondary N) is 3. The number of amides is 1. The van der Waals surface area contributed by atoms with Crippen LogP contribution in [0, 0.1) is 12.7 Å². The molecule has 0 aliphatic heterocycles. The van der Waals surface area contributed by atoms with Crippen molar-refractivity contribution in [3.63, 3.8) is 0 Å². The number of hydrogen-bond donors (Lipinski definition) is 5. The molecule has 1 aromatic carbocycles. The van der Waals surface area contributed by atoms with Crippen molar-refractivity contribution in [2.24, 2.45) is 11.5 Å². The molecule has 29 heavy (non-hydrogen) atoms. The molecule has 1 saturated carbocycles. The second-order valence-corrected chi connectivity index (χ2v) is 7.66. The Kier molecular flexibility index (Phi) is 5.10. The summed E-state index contributed by atoms with van der Waals surface area (Å²) in [6.07, 6.45) is 3.85. The summed E-state index contributed by atoms with van der Waals surface area (Å²) in [4.78, 5) is 19.5.